The lowest BCUT2D eigenvalue weighted by Gasteiger charge is -2.38. The average Bonchev–Trinajstić information content (AvgIpc) is 2.89. The number of pyridine rings is 1. The Labute approximate surface area is 118 Å². The molecule has 2 aromatic rings. The van der Waals surface area contributed by atoms with E-state index in [4.69, 9.17) is 0 Å². The zero-order valence-corrected chi connectivity index (χ0v) is 12.5. The lowest BCUT2D eigenvalue weighted by Crippen LogP contribution is -2.40. The maximum Gasteiger partial charge on any atom is 0.134 e. The van der Waals surface area contributed by atoms with E-state index in [9.17, 15) is 0 Å². The molecule has 0 bridgehead atoms. The van der Waals surface area contributed by atoms with Crippen LogP contribution in [0.3, 0.4) is 0 Å². The van der Waals surface area contributed by atoms with E-state index >= 15 is 0 Å². The molecule has 1 N–H and O–H groups in total. The largest absolute Gasteiger partial charge is 0.369 e. The van der Waals surface area contributed by atoms with Gasteiger partial charge in [0.05, 0.1) is 0 Å². The fourth-order valence-corrected chi connectivity index (χ4v) is 3.45. The number of nitrogens with one attached hydrogen (secondary N) is 1. The van der Waals surface area contributed by atoms with Crippen molar-refractivity contribution in [2.24, 2.45) is 5.41 Å². The van der Waals surface area contributed by atoms with Gasteiger partial charge in [-0.3, -0.25) is 0 Å². The summed E-state index contributed by atoms with van der Waals surface area (Å²) in [5.41, 5.74) is 0.395. The van der Waals surface area contributed by atoms with E-state index in [-0.39, 0.29) is 0 Å². The Hall–Kier alpha value is -1.13. The van der Waals surface area contributed by atoms with Gasteiger partial charge in [0.1, 0.15) is 5.82 Å². The van der Waals surface area contributed by atoms with Crippen LogP contribution < -0.4 is 5.32 Å². The Morgan fingerprint density at radius 1 is 1.37 bits per heavy atom. The van der Waals surface area contributed by atoms with Crippen LogP contribution in [0.4, 0.5) is 5.82 Å². The Balaban J connectivity index is 1.70. The van der Waals surface area contributed by atoms with Gasteiger partial charge in [-0.25, -0.2) is 4.98 Å². The first kappa shape index (κ1) is 12.9. The molecule has 1 saturated heterocycles. The van der Waals surface area contributed by atoms with E-state index in [0.29, 0.717) is 5.41 Å². The lowest BCUT2D eigenvalue weighted by atomic mass is 9.80. The number of likely N-dealkylation sites (tertiary alicyclic amines) is 1. The molecule has 0 unspecified atom stereocenters. The first-order chi connectivity index (χ1) is 9.16. The number of aromatic nitrogens is 1. The van der Waals surface area contributed by atoms with Gasteiger partial charge in [-0.15, -0.1) is 11.3 Å². The van der Waals surface area contributed by atoms with E-state index in [1.807, 2.05) is 6.20 Å². The molecule has 1 aliphatic rings. The number of thiophene rings is 1. The van der Waals surface area contributed by atoms with Crippen LogP contribution in [0.15, 0.2) is 23.7 Å². The number of rotatable bonds is 3. The number of hydrogen-bond acceptors (Lipinski definition) is 4. The van der Waals surface area contributed by atoms with Crippen molar-refractivity contribution in [1.82, 2.24) is 9.88 Å². The van der Waals surface area contributed by atoms with Crippen molar-refractivity contribution in [1.29, 1.82) is 0 Å². The van der Waals surface area contributed by atoms with Gasteiger partial charge in [-0.2, -0.15) is 0 Å². The van der Waals surface area contributed by atoms with Crippen LogP contribution in [0.2, 0.25) is 0 Å². The zero-order valence-electron chi connectivity index (χ0n) is 11.6. The first-order valence-corrected chi connectivity index (χ1v) is 7.79. The summed E-state index contributed by atoms with van der Waals surface area (Å²) >= 11 is 1.78. The zero-order chi connectivity index (χ0) is 13.3. The van der Waals surface area contributed by atoms with Crippen molar-refractivity contribution >= 4 is 27.2 Å². The van der Waals surface area contributed by atoms with Crippen molar-refractivity contribution in [3.05, 3.63) is 23.7 Å². The van der Waals surface area contributed by atoms with E-state index in [1.54, 1.807) is 11.3 Å². The van der Waals surface area contributed by atoms with Crippen LogP contribution in [0, 0.1) is 5.41 Å². The third-order valence-electron chi connectivity index (χ3n) is 4.26. The molecule has 0 atom stereocenters. The standard InChI is InChI=1S/C15H21N3S/c1-15(5-8-18(2)9-6-15)11-17-14-12-4-10-19-13(12)3-7-16-14/h3-4,7,10H,5-6,8-9,11H2,1-2H3,(H,16,17). The van der Waals surface area contributed by atoms with Crippen molar-refractivity contribution in [2.45, 2.75) is 19.8 Å². The Morgan fingerprint density at radius 3 is 2.95 bits per heavy atom. The molecule has 1 fully saturated rings. The summed E-state index contributed by atoms with van der Waals surface area (Å²) in [5.74, 6) is 1.04. The molecule has 102 valence electrons. The summed E-state index contributed by atoms with van der Waals surface area (Å²) in [4.78, 5) is 6.91. The first-order valence-electron chi connectivity index (χ1n) is 6.91. The van der Waals surface area contributed by atoms with Gasteiger partial charge in [-0.1, -0.05) is 6.92 Å². The second-order valence-electron chi connectivity index (χ2n) is 5.96. The molecule has 0 aromatic carbocycles. The highest BCUT2D eigenvalue weighted by molar-refractivity contribution is 7.17. The third-order valence-corrected chi connectivity index (χ3v) is 5.14. The Bertz CT molecular complexity index is 555. The van der Waals surface area contributed by atoms with Crippen molar-refractivity contribution < 1.29 is 0 Å². The SMILES string of the molecule is CN1CCC(C)(CNc2nccc3sccc23)CC1. The fraction of sp³-hybridized carbons (Fsp3) is 0.533. The van der Waals surface area contributed by atoms with Crippen molar-refractivity contribution in [3.8, 4) is 0 Å². The predicted octanol–water partition coefficient (Wildman–Crippen LogP) is 3.44. The molecule has 4 heteroatoms. The number of anilines is 1. The van der Waals surface area contributed by atoms with Crippen molar-refractivity contribution in [2.75, 3.05) is 32.0 Å². The van der Waals surface area contributed by atoms with Gasteiger partial charge in [0.2, 0.25) is 0 Å². The molecule has 3 heterocycles. The topological polar surface area (TPSA) is 28.2 Å². The van der Waals surface area contributed by atoms with Gasteiger partial charge < -0.3 is 10.2 Å². The van der Waals surface area contributed by atoms with E-state index in [0.717, 1.165) is 12.4 Å². The van der Waals surface area contributed by atoms with Gasteiger partial charge in [-0.05, 0) is 55.9 Å². The van der Waals surface area contributed by atoms with Crippen molar-refractivity contribution in [3.63, 3.8) is 0 Å². The van der Waals surface area contributed by atoms with E-state index in [2.05, 4.69) is 46.7 Å². The summed E-state index contributed by atoms with van der Waals surface area (Å²) < 4.78 is 1.31. The van der Waals surface area contributed by atoms with Gasteiger partial charge in [0.15, 0.2) is 0 Å². The molecule has 1 aliphatic heterocycles. The van der Waals surface area contributed by atoms with Gasteiger partial charge >= 0.3 is 0 Å². The average molecular weight is 275 g/mol. The Morgan fingerprint density at radius 2 is 2.16 bits per heavy atom. The molecule has 3 nitrogen and oxygen atoms in total. The number of nitrogens with zero attached hydrogens (tertiary/aromatic N) is 2. The Kier molecular flexibility index (Phi) is 3.46. The normalized spacial score (nSPS) is 19.7. The quantitative estimate of drug-likeness (QED) is 0.930. The highest BCUT2D eigenvalue weighted by Gasteiger charge is 2.28. The predicted molar refractivity (Wildman–Crippen MR) is 82.9 cm³/mol. The minimum atomic E-state index is 0.395. The van der Waals surface area contributed by atoms with Crippen LogP contribution >= 0.6 is 11.3 Å². The molecule has 19 heavy (non-hydrogen) atoms. The van der Waals surface area contributed by atoms with Gasteiger partial charge in [0.25, 0.3) is 0 Å². The second-order valence-corrected chi connectivity index (χ2v) is 6.91. The molecular formula is C15H21N3S. The van der Waals surface area contributed by atoms with Crippen LogP contribution in [-0.2, 0) is 0 Å². The smallest absolute Gasteiger partial charge is 0.134 e. The highest BCUT2D eigenvalue weighted by Crippen LogP contribution is 2.32. The minimum absolute atomic E-state index is 0.395. The molecule has 3 rings (SSSR count). The monoisotopic (exact) mass is 275 g/mol. The summed E-state index contributed by atoms with van der Waals surface area (Å²) in [6.07, 6.45) is 4.42. The molecule has 2 aromatic heterocycles. The molecule has 0 aliphatic carbocycles. The molecule has 0 amide bonds. The molecule has 0 radical (unpaired) electrons. The fourth-order valence-electron chi connectivity index (χ4n) is 2.67. The lowest BCUT2D eigenvalue weighted by molar-refractivity contribution is 0.150. The highest BCUT2D eigenvalue weighted by atomic mass is 32.1. The summed E-state index contributed by atoms with van der Waals surface area (Å²) in [7, 11) is 2.21. The number of fused-ring (bicyclic) bond motifs is 1. The summed E-state index contributed by atoms with van der Waals surface area (Å²) in [6.45, 7) is 5.81. The molecular weight excluding hydrogens is 254 g/mol. The van der Waals surface area contributed by atoms with Crippen LogP contribution in [-0.4, -0.2) is 36.6 Å². The maximum absolute atomic E-state index is 4.49. The van der Waals surface area contributed by atoms with Gasteiger partial charge in [0, 0.05) is 22.8 Å². The maximum atomic E-state index is 4.49. The van der Waals surface area contributed by atoms with E-state index in [1.165, 1.54) is 36.0 Å². The summed E-state index contributed by atoms with van der Waals surface area (Å²) in [5, 5.41) is 6.96. The van der Waals surface area contributed by atoms with Crippen LogP contribution in [0.5, 0.6) is 0 Å². The van der Waals surface area contributed by atoms with E-state index < -0.39 is 0 Å². The minimum Gasteiger partial charge on any atom is -0.369 e. The summed E-state index contributed by atoms with van der Waals surface area (Å²) in [6, 6.07) is 4.24. The molecule has 0 spiro atoms. The second kappa shape index (κ2) is 5.10. The van der Waals surface area contributed by atoms with Crippen LogP contribution in [0.1, 0.15) is 19.8 Å². The third kappa shape index (κ3) is 2.74. The molecule has 0 saturated carbocycles. The number of hydrogen-bond donors (Lipinski definition) is 1. The van der Waals surface area contributed by atoms with Crippen LogP contribution in [0.25, 0.3) is 10.1 Å². The number of piperidine rings is 1.